The maximum absolute atomic E-state index is 13.9. The van der Waals surface area contributed by atoms with Crippen LogP contribution in [0, 0.1) is 0 Å². The van der Waals surface area contributed by atoms with Gasteiger partial charge in [-0.15, -0.1) is 0 Å². The molecular weight excluding hydrogens is 581 g/mol. The Labute approximate surface area is 244 Å². The average molecular weight is 611 g/mol. The molecule has 0 aromatic heterocycles. The van der Waals surface area contributed by atoms with Gasteiger partial charge in [0.05, 0.1) is 20.6 Å². The Kier molecular flexibility index (Phi) is 10.7. The molecule has 39 heavy (non-hydrogen) atoms. The second kappa shape index (κ2) is 13.5. The Morgan fingerprint density at radius 3 is 2.13 bits per heavy atom. The topological polar surface area (TPSA) is 86.8 Å². The third-order valence-electron chi connectivity index (χ3n) is 6.28. The van der Waals surface area contributed by atoms with E-state index in [-0.39, 0.29) is 39.1 Å². The number of rotatable bonds is 11. The van der Waals surface area contributed by atoms with Gasteiger partial charge in [0.1, 0.15) is 12.6 Å². The van der Waals surface area contributed by atoms with E-state index in [9.17, 15) is 18.0 Å². The van der Waals surface area contributed by atoms with E-state index in [0.717, 1.165) is 4.31 Å². The normalized spacial score (nSPS) is 12.9. The summed E-state index contributed by atoms with van der Waals surface area (Å²) < 4.78 is 28.5. The van der Waals surface area contributed by atoms with Gasteiger partial charge in [-0.2, -0.15) is 0 Å². The molecule has 2 atom stereocenters. The van der Waals surface area contributed by atoms with E-state index in [2.05, 4.69) is 5.32 Å². The first kappa shape index (κ1) is 30.8. The quantitative estimate of drug-likeness (QED) is 0.281. The highest BCUT2D eigenvalue weighted by atomic mass is 35.5. The second-order valence-corrected chi connectivity index (χ2v) is 12.1. The molecule has 3 aromatic carbocycles. The lowest BCUT2D eigenvalue weighted by molar-refractivity contribution is -0.139. The SMILES string of the molecule is CC[C@H](C)NC(=O)[C@H](C)N(Cc1ccccc1Cl)C(=O)CN(c1cccc(Cl)c1Cl)S(=O)(=O)c1ccccc1. The molecule has 0 spiro atoms. The fraction of sp³-hybridized carbons (Fsp3) is 0.286. The van der Waals surface area contributed by atoms with Gasteiger partial charge in [-0.1, -0.05) is 84.2 Å². The van der Waals surface area contributed by atoms with Crippen LogP contribution in [0.15, 0.2) is 77.7 Å². The minimum absolute atomic E-state index is 0.0178. The summed E-state index contributed by atoms with van der Waals surface area (Å²) in [5.74, 6) is -1.000. The van der Waals surface area contributed by atoms with E-state index in [1.807, 2.05) is 13.8 Å². The molecule has 0 fully saturated rings. The van der Waals surface area contributed by atoms with Crippen LogP contribution in [-0.2, 0) is 26.2 Å². The number of amides is 2. The van der Waals surface area contributed by atoms with Gasteiger partial charge in [-0.3, -0.25) is 13.9 Å². The van der Waals surface area contributed by atoms with Gasteiger partial charge in [0.2, 0.25) is 11.8 Å². The summed E-state index contributed by atoms with van der Waals surface area (Å²) in [7, 11) is -4.26. The van der Waals surface area contributed by atoms with Crippen molar-refractivity contribution in [3.8, 4) is 0 Å². The van der Waals surface area contributed by atoms with Crippen molar-refractivity contribution in [3.63, 3.8) is 0 Å². The predicted molar refractivity (Wildman–Crippen MR) is 157 cm³/mol. The zero-order valence-corrected chi connectivity index (χ0v) is 24.9. The first-order valence-corrected chi connectivity index (χ1v) is 14.9. The van der Waals surface area contributed by atoms with Crippen molar-refractivity contribution < 1.29 is 18.0 Å². The summed E-state index contributed by atoms with van der Waals surface area (Å²) in [4.78, 5) is 28.3. The summed E-state index contributed by atoms with van der Waals surface area (Å²) in [5.41, 5.74) is 0.643. The van der Waals surface area contributed by atoms with Crippen LogP contribution < -0.4 is 9.62 Å². The number of carbonyl (C=O) groups is 2. The zero-order chi connectivity index (χ0) is 28.7. The number of carbonyl (C=O) groups excluding carboxylic acids is 2. The lowest BCUT2D eigenvalue weighted by Gasteiger charge is -2.33. The number of hydrogen-bond acceptors (Lipinski definition) is 4. The van der Waals surface area contributed by atoms with Crippen molar-refractivity contribution in [2.24, 2.45) is 0 Å². The van der Waals surface area contributed by atoms with Crippen molar-refractivity contribution in [2.45, 2.75) is 50.7 Å². The molecule has 1 N–H and O–H groups in total. The van der Waals surface area contributed by atoms with E-state index in [0.29, 0.717) is 17.0 Å². The molecular formula is C28H30Cl3N3O4S. The molecule has 0 saturated carbocycles. The highest BCUT2D eigenvalue weighted by Crippen LogP contribution is 2.35. The van der Waals surface area contributed by atoms with Crippen molar-refractivity contribution in [1.82, 2.24) is 10.2 Å². The minimum Gasteiger partial charge on any atom is -0.352 e. The lowest BCUT2D eigenvalue weighted by Crippen LogP contribution is -2.52. The Morgan fingerprint density at radius 1 is 0.872 bits per heavy atom. The van der Waals surface area contributed by atoms with Crippen molar-refractivity contribution in [3.05, 3.63) is 93.4 Å². The maximum atomic E-state index is 13.9. The van der Waals surface area contributed by atoms with Gasteiger partial charge in [-0.05, 0) is 56.2 Å². The number of nitrogens with one attached hydrogen (secondary N) is 1. The summed E-state index contributed by atoms with van der Waals surface area (Å²) >= 11 is 19.0. The minimum atomic E-state index is -4.26. The van der Waals surface area contributed by atoms with Crippen molar-refractivity contribution in [2.75, 3.05) is 10.8 Å². The Balaban J connectivity index is 2.07. The van der Waals surface area contributed by atoms with Crippen LogP contribution in [0.1, 0.15) is 32.8 Å². The van der Waals surface area contributed by atoms with Crippen molar-refractivity contribution >= 4 is 62.3 Å². The molecule has 208 valence electrons. The van der Waals surface area contributed by atoms with Gasteiger partial charge in [0, 0.05) is 17.6 Å². The third kappa shape index (κ3) is 7.45. The monoisotopic (exact) mass is 609 g/mol. The van der Waals surface area contributed by atoms with Gasteiger partial charge in [-0.25, -0.2) is 8.42 Å². The molecule has 3 rings (SSSR count). The zero-order valence-electron chi connectivity index (χ0n) is 21.8. The molecule has 0 aliphatic carbocycles. The second-order valence-electron chi connectivity index (χ2n) is 9.00. The summed E-state index contributed by atoms with van der Waals surface area (Å²) in [6, 6.07) is 18.1. The van der Waals surface area contributed by atoms with Crippen molar-refractivity contribution in [1.29, 1.82) is 0 Å². The van der Waals surface area contributed by atoms with E-state index >= 15 is 0 Å². The van der Waals surface area contributed by atoms with Crippen LogP contribution in [0.2, 0.25) is 15.1 Å². The highest BCUT2D eigenvalue weighted by Gasteiger charge is 2.34. The molecule has 0 radical (unpaired) electrons. The number of anilines is 1. The standard InChI is InChI=1S/C28H30Cl3N3O4S/c1-4-19(2)32-28(36)20(3)33(17-21-11-8-9-14-23(21)29)26(35)18-34(25-16-10-15-24(30)27(25)31)39(37,38)22-12-6-5-7-13-22/h5-16,19-20H,4,17-18H2,1-3H3,(H,32,36)/t19-,20-/m0/s1. The molecule has 0 unspecified atom stereocenters. The number of hydrogen-bond donors (Lipinski definition) is 1. The number of halogens is 3. The van der Waals surface area contributed by atoms with E-state index in [1.54, 1.807) is 55.5 Å². The number of sulfonamides is 1. The summed E-state index contributed by atoms with van der Waals surface area (Å²) in [6.45, 7) is 4.73. The van der Waals surface area contributed by atoms with Gasteiger partial charge < -0.3 is 10.2 Å². The lowest BCUT2D eigenvalue weighted by atomic mass is 10.1. The molecule has 0 saturated heterocycles. The molecule has 7 nitrogen and oxygen atoms in total. The molecule has 0 bridgehead atoms. The summed E-state index contributed by atoms with van der Waals surface area (Å²) in [5, 5.41) is 3.41. The highest BCUT2D eigenvalue weighted by molar-refractivity contribution is 7.92. The first-order valence-electron chi connectivity index (χ1n) is 12.3. The molecule has 11 heteroatoms. The largest absolute Gasteiger partial charge is 0.352 e. The molecule has 0 aliphatic rings. The van der Waals surface area contributed by atoms with Gasteiger partial charge in [0.15, 0.2) is 0 Å². The third-order valence-corrected chi connectivity index (χ3v) is 9.23. The summed E-state index contributed by atoms with van der Waals surface area (Å²) in [6.07, 6.45) is 0.702. The Hall–Kier alpha value is -2.78. The molecule has 3 aromatic rings. The van der Waals surface area contributed by atoms with E-state index in [1.165, 1.54) is 29.2 Å². The van der Waals surface area contributed by atoms with E-state index < -0.39 is 28.5 Å². The van der Waals surface area contributed by atoms with Gasteiger partial charge in [0.25, 0.3) is 10.0 Å². The van der Waals surface area contributed by atoms with Crippen LogP contribution in [-0.4, -0.2) is 43.8 Å². The van der Waals surface area contributed by atoms with Crippen LogP contribution in [0.5, 0.6) is 0 Å². The molecule has 0 heterocycles. The smallest absolute Gasteiger partial charge is 0.264 e. The van der Waals surface area contributed by atoms with Crippen LogP contribution >= 0.6 is 34.8 Å². The Morgan fingerprint density at radius 2 is 1.49 bits per heavy atom. The molecule has 2 amide bonds. The van der Waals surface area contributed by atoms with E-state index in [4.69, 9.17) is 34.8 Å². The number of nitrogens with zero attached hydrogens (tertiary/aromatic N) is 2. The van der Waals surface area contributed by atoms with Crippen LogP contribution in [0.25, 0.3) is 0 Å². The molecule has 0 aliphatic heterocycles. The van der Waals surface area contributed by atoms with Gasteiger partial charge >= 0.3 is 0 Å². The van der Waals surface area contributed by atoms with Crippen LogP contribution in [0.3, 0.4) is 0 Å². The fourth-order valence-corrected chi connectivity index (χ4v) is 5.87. The maximum Gasteiger partial charge on any atom is 0.264 e. The fourth-order valence-electron chi connectivity index (χ4n) is 3.78. The number of benzene rings is 3. The first-order chi connectivity index (χ1) is 18.5. The van der Waals surface area contributed by atoms with Crippen LogP contribution in [0.4, 0.5) is 5.69 Å². The Bertz CT molecular complexity index is 1420. The average Bonchev–Trinajstić information content (AvgIpc) is 2.92. The predicted octanol–water partition coefficient (Wildman–Crippen LogP) is 6.17.